The van der Waals surface area contributed by atoms with Gasteiger partial charge in [-0.1, -0.05) is 28.0 Å². The molecule has 0 atom stereocenters. The maximum absolute atomic E-state index is 14.1. The minimum atomic E-state index is -0.904. The molecule has 2 aromatic carbocycles. The Labute approximate surface area is 247 Å². The number of hydrogen-bond donors (Lipinski definition) is 2. The molecule has 0 fully saturated rings. The Bertz CT molecular complexity index is 1810. The van der Waals surface area contributed by atoms with E-state index in [1.54, 1.807) is 11.7 Å². The molecule has 13 heteroatoms. The number of aromatic hydroxyl groups is 1. The van der Waals surface area contributed by atoms with Crippen LogP contribution in [0.15, 0.2) is 40.1 Å². The number of carbonyl (C=O) groups excluding carboxylic acids is 1. The number of hydrogen-bond acceptors (Lipinski definition) is 9. The molecule has 0 spiro atoms. The van der Waals surface area contributed by atoms with Crippen LogP contribution in [-0.4, -0.2) is 65.7 Å². The molecule has 1 amide bonds. The number of carbonyl (C=O) groups is 1. The number of amides is 1. The molecular weight excluding hydrogens is 554 g/mol. The minimum absolute atomic E-state index is 0.0738. The van der Waals surface area contributed by atoms with Crippen LogP contribution in [-0.2, 0) is 26.6 Å². The molecule has 0 unspecified atom stereocenters. The zero-order valence-electron chi connectivity index (χ0n) is 25.1. The van der Waals surface area contributed by atoms with Crippen molar-refractivity contribution in [3.05, 3.63) is 74.3 Å². The molecule has 0 saturated carbocycles. The smallest absolute Gasteiger partial charge is 0.330 e. The van der Waals surface area contributed by atoms with Gasteiger partial charge in [-0.15, -0.1) is 0 Å². The van der Waals surface area contributed by atoms with Crippen LogP contribution in [0.4, 0.5) is 5.69 Å². The van der Waals surface area contributed by atoms with Crippen molar-refractivity contribution in [2.45, 2.75) is 47.2 Å². The van der Waals surface area contributed by atoms with E-state index in [1.807, 2.05) is 58.0 Å². The molecule has 0 saturated heterocycles. The Kier molecular flexibility index (Phi) is 8.09. The Balaban J connectivity index is 1.65. The third-order valence-corrected chi connectivity index (χ3v) is 7.51. The number of rotatable bonds is 8. The largest absolute Gasteiger partial charge is 0.493 e. The van der Waals surface area contributed by atoms with Gasteiger partial charge in [0, 0.05) is 31.8 Å². The second-order valence-corrected chi connectivity index (χ2v) is 10.5. The van der Waals surface area contributed by atoms with Crippen molar-refractivity contribution in [2.75, 3.05) is 20.3 Å². The van der Waals surface area contributed by atoms with Crippen LogP contribution in [0.1, 0.15) is 39.7 Å². The second kappa shape index (κ2) is 11.8. The standard InChI is InChI=1S/C30H35N7O6/c1-7-43-24-14-20-8-9-35-22(21(20)15-23(24)42-6)16-25(31-26-18(3)12-17(2)13-19(26)4)36(30(35)40)10-11-37(41)29(39)27-28(38)32-33-34(27)5/h12-16,38,41H,7-11H2,1-6H3/b31-25+. The summed E-state index contributed by atoms with van der Waals surface area (Å²) in [5, 5.41) is 28.0. The molecule has 4 aromatic rings. The van der Waals surface area contributed by atoms with Gasteiger partial charge in [-0.3, -0.25) is 19.1 Å². The van der Waals surface area contributed by atoms with Gasteiger partial charge in [-0.05, 0) is 62.9 Å². The van der Waals surface area contributed by atoms with E-state index >= 15 is 0 Å². The molecule has 13 nitrogen and oxygen atoms in total. The van der Waals surface area contributed by atoms with E-state index in [0.717, 1.165) is 38.2 Å². The Morgan fingerprint density at radius 1 is 1.12 bits per heavy atom. The lowest BCUT2D eigenvalue weighted by Gasteiger charge is -2.25. The predicted octanol–water partition coefficient (Wildman–Crippen LogP) is 2.80. The van der Waals surface area contributed by atoms with Crippen molar-refractivity contribution in [3.63, 3.8) is 0 Å². The molecule has 0 bridgehead atoms. The van der Waals surface area contributed by atoms with Gasteiger partial charge in [-0.25, -0.2) is 19.5 Å². The number of methoxy groups -OCH3 is 1. The summed E-state index contributed by atoms with van der Waals surface area (Å²) in [4.78, 5) is 31.9. The van der Waals surface area contributed by atoms with Crippen molar-refractivity contribution in [3.8, 4) is 28.6 Å². The van der Waals surface area contributed by atoms with Gasteiger partial charge < -0.3 is 14.6 Å². The molecule has 226 valence electrons. The number of fused-ring (bicyclic) bond motifs is 3. The second-order valence-electron chi connectivity index (χ2n) is 10.5. The quantitative estimate of drug-likeness (QED) is 0.235. The molecule has 2 aromatic heterocycles. The van der Waals surface area contributed by atoms with Crippen molar-refractivity contribution in [1.29, 1.82) is 0 Å². The number of nitrogens with zero attached hydrogens (tertiary/aromatic N) is 7. The van der Waals surface area contributed by atoms with Gasteiger partial charge in [-0.2, -0.15) is 0 Å². The third-order valence-electron chi connectivity index (χ3n) is 7.51. The fourth-order valence-corrected chi connectivity index (χ4v) is 5.54. The van der Waals surface area contributed by atoms with Gasteiger partial charge in [0.2, 0.25) is 0 Å². The fraction of sp³-hybridized carbons (Fsp3) is 0.367. The van der Waals surface area contributed by atoms with Gasteiger partial charge in [0.1, 0.15) is 5.49 Å². The number of benzene rings is 2. The lowest BCUT2D eigenvalue weighted by atomic mass is 9.97. The number of hydroxylamine groups is 2. The molecule has 1 aliphatic rings. The molecule has 43 heavy (non-hydrogen) atoms. The molecule has 0 radical (unpaired) electrons. The molecule has 3 heterocycles. The van der Waals surface area contributed by atoms with Crippen molar-refractivity contribution in [2.24, 2.45) is 12.0 Å². The van der Waals surface area contributed by atoms with Gasteiger partial charge in [0.05, 0.1) is 31.6 Å². The van der Waals surface area contributed by atoms with E-state index in [9.17, 15) is 19.9 Å². The highest BCUT2D eigenvalue weighted by Crippen LogP contribution is 2.37. The fourth-order valence-electron chi connectivity index (χ4n) is 5.54. The van der Waals surface area contributed by atoms with Gasteiger partial charge in [0.15, 0.2) is 17.2 Å². The first kappa shape index (κ1) is 29.6. The summed E-state index contributed by atoms with van der Waals surface area (Å²) in [6, 6.07) is 9.73. The Hall–Kier alpha value is -4.91. The number of aromatic nitrogens is 5. The predicted molar refractivity (Wildman–Crippen MR) is 157 cm³/mol. The summed E-state index contributed by atoms with van der Waals surface area (Å²) in [6.45, 7) is 8.42. The maximum atomic E-state index is 14.1. The highest BCUT2D eigenvalue weighted by Gasteiger charge is 2.25. The first-order valence-corrected chi connectivity index (χ1v) is 13.9. The number of aryl methyl sites for hydroxylation is 5. The Morgan fingerprint density at radius 2 is 1.84 bits per heavy atom. The summed E-state index contributed by atoms with van der Waals surface area (Å²) < 4.78 is 15.6. The highest BCUT2D eigenvalue weighted by molar-refractivity contribution is 5.93. The van der Waals surface area contributed by atoms with E-state index < -0.39 is 11.8 Å². The molecular formula is C30H35N7O6. The van der Waals surface area contributed by atoms with E-state index in [-0.39, 0.29) is 24.5 Å². The zero-order chi connectivity index (χ0) is 31.0. The van der Waals surface area contributed by atoms with E-state index in [4.69, 9.17) is 14.5 Å². The summed E-state index contributed by atoms with van der Waals surface area (Å²) in [5.74, 6) is -0.304. The van der Waals surface area contributed by atoms with E-state index in [2.05, 4.69) is 10.3 Å². The van der Waals surface area contributed by atoms with Gasteiger partial charge >= 0.3 is 11.6 Å². The van der Waals surface area contributed by atoms with Crippen molar-refractivity contribution < 1.29 is 24.6 Å². The highest BCUT2D eigenvalue weighted by atomic mass is 16.5. The Morgan fingerprint density at radius 3 is 2.47 bits per heavy atom. The van der Waals surface area contributed by atoms with Crippen molar-refractivity contribution in [1.82, 2.24) is 29.2 Å². The van der Waals surface area contributed by atoms with Crippen LogP contribution in [0.5, 0.6) is 17.4 Å². The minimum Gasteiger partial charge on any atom is -0.493 e. The average Bonchev–Trinajstić information content (AvgIpc) is 3.30. The third kappa shape index (κ3) is 5.50. The normalized spacial score (nSPS) is 12.6. The van der Waals surface area contributed by atoms with Crippen LogP contribution < -0.4 is 20.7 Å². The first-order valence-electron chi connectivity index (χ1n) is 13.9. The molecule has 0 aliphatic carbocycles. The van der Waals surface area contributed by atoms with E-state index in [1.165, 1.54) is 11.6 Å². The molecule has 2 N–H and O–H groups in total. The van der Waals surface area contributed by atoms with Crippen LogP contribution in [0.2, 0.25) is 0 Å². The van der Waals surface area contributed by atoms with Crippen LogP contribution in [0.3, 0.4) is 0 Å². The summed E-state index contributed by atoms with van der Waals surface area (Å²) in [7, 11) is 3.00. The summed E-state index contributed by atoms with van der Waals surface area (Å²) in [6.07, 6.45) is 0.594. The van der Waals surface area contributed by atoms with E-state index in [0.29, 0.717) is 47.3 Å². The first-order chi connectivity index (χ1) is 20.5. The van der Waals surface area contributed by atoms with Crippen LogP contribution in [0.25, 0.3) is 11.3 Å². The summed E-state index contributed by atoms with van der Waals surface area (Å²) in [5.41, 5.74) is 5.99. The lowest BCUT2D eigenvalue weighted by molar-refractivity contribution is -0.0611. The topological polar surface area (TPSA) is 149 Å². The van der Waals surface area contributed by atoms with Gasteiger partial charge in [0.25, 0.3) is 5.88 Å². The number of ether oxygens (including phenoxy) is 2. The SMILES string of the molecule is CCOc1cc2c(cc1OC)-c1c/c(=N\c3c(C)cc(C)cc3C)n(CCN(O)C(=O)c3c(O)nnn3C)c(=O)n1CC2. The zero-order valence-corrected chi connectivity index (χ0v) is 25.1. The van der Waals surface area contributed by atoms with Crippen molar-refractivity contribution >= 4 is 11.6 Å². The van der Waals surface area contributed by atoms with Crippen LogP contribution >= 0.6 is 0 Å². The average molecular weight is 590 g/mol. The molecule has 1 aliphatic heterocycles. The maximum Gasteiger partial charge on any atom is 0.330 e. The lowest BCUT2D eigenvalue weighted by Crippen LogP contribution is -2.44. The molecule has 5 rings (SSSR count). The summed E-state index contributed by atoms with van der Waals surface area (Å²) >= 11 is 0. The van der Waals surface area contributed by atoms with Crippen LogP contribution in [0, 0.1) is 20.8 Å². The monoisotopic (exact) mass is 589 g/mol.